The Morgan fingerprint density at radius 2 is 0.855 bits per heavy atom. The highest BCUT2D eigenvalue weighted by Crippen LogP contribution is 2.55. The number of rotatable bonds is 2. The number of furan rings is 1. The molecule has 6 aromatic rings. The summed E-state index contributed by atoms with van der Waals surface area (Å²) >= 11 is 0. The molecule has 0 radical (unpaired) electrons. The second kappa shape index (κ2) is 14.3. The van der Waals surface area contributed by atoms with Gasteiger partial charge in [0.15, 0.2) is 0 Å². The molecule has 3 heterocycles. The molecule has 0 atom stereocenters. The second-order valence-corrected chi connectivity index (χ2v) is 28.7. The van der Waals surface area contributed by atoms with Gasteiger partial charge in [0.2, 0.25) is 5.88 Å². The van der Waals surface area contributed by atoms with E-state index in [4.69, 9.17) is 4.42 Å². The van der Waals surface area contributed by atoms with Crippen molar-refractivity contribution >= 4 is 68.4 Å². The molecular formula is C65H81BN2O. The van der Waals surface area contributed by atoms with Crippen LogP contribution in [-0.4, -0.2) is 6.71 Å². The fourth-order valence-corrected chi connectivity index (χ4v) is 13.6. The van der Waals surface area contributed by atoms with E-state index < -0.39 is 0 Å². The zero-order valence-corrected chi connectivity index (χ0v) is 46.1. The van der Waals surface area contributed by atoms with Crippen LogP contribution in [0.25, 0.3) is 11.0 Å². The summed E-state index contributed by atoms with van der Waals surface area (Å²) in [6, 6.07) is 30.2. The van der Waals surface area contributed by atoms with E-state index in [1.54, 1.807) is 0 Å². The number of hydrogen-bond acceptors (Lipinski definition) is 3. The molecule has 0 amide bonds. The summed E-state index contributed by atoms with van der Waals surface area (Å²) in [6.07, 6.45) is 7.04. The molecule has 11 rings (SSSR count). The number of anilines is 6. The van der Waals surface area contributed by atoms with Gasteiger partial charge < -0.3 is 9.32 Å². The Morgan fingerprint density at radius 3 is 1.35 bits per heavy atom. The quantitative estimate of drug-likeness (QED) is 0.161. The zero-order valence-electron chi connectivity index (χ0n) is 46.1. The van der Waals surface area contributed by atoms with Crippen LogP contribution in [0.2, 0.25) is 0 Å². The number of nitrogens with zero attached hydrogens (tertiary/aromatic N) is 2. The van der Waals surface area contributed by atoms with E-state index in [9.17, 15) is 0 Å². The molecule has 0 N–H and O–H groups in total. The summed E-state index contributed by atoms with van der Waals surface area (Å²) < 4.78 is 7.61. The molecule has 5 aromatic carbocycles. The smallest absolute Gasteiger partial charge is 0.257 e. The van der Waals surface area contributed by atoms with Crippen LogP contribution in [0.3, 0.4) is 0 Å². The van der Waals surface area contributed by atoms with Crippen LogP contribution in [0.4, 0.5) is 34.3 Å². The van der Waals surface area contributed by atoms with Gasteiger partial charge in [0.05, 0.1) is 0 Å². The zero-order chi connectivity index (χ0) is 49.7. The van der Waals surface area contributed by atoms with Gasteiger partial charge in [0.25, 0.3) is 6.71 Å². The molecule has 69 heavy (non-hydrogen) atoms. The minimum absolute atomic E-state index is 0.0300. The molecule has 3 nitrogen and oxygen atoms in total. The minimum Gasteiger partial charge on any atom is -0.440 e. The fourth-order valence-electron chi connectivity index (χ4n) is 13.6. The van der Waals surface area contributed by atoms with Crippen molar-refractivity contribution in [1.82, 2.24) is 0 Å². The van der Waals surface area contributed by atoms with E-state index in [-0.39, 0.29) is 50.0 Å². The lowest BCUT2D eigenvalue weighted by Gasteiger charge is -2.48. The van der Waals surface area contributed by atoms with E-state index in [0.29, 0.717) is 0 Å². The minimum atomic E-state index is -0.127. The van der Waals surface area contributed by atoms with Gasteiger partial charge in [0, 0.05) is 39.3 Å². The first-order chi connectivity index (χ1) is 31.8. The van der Waals surface area contributed by atoms with Crippen LogP contribution in [-0.2, 0) is 43.3 Å². The highest BCUT2D eigenvalue weighted by molar-refractivity contribution is 7.01. The van der Waals surface area contributed by atoms with Crippen molar-refractivity contribution in [3.8, 4) is 0 Å². The van der Waals surface area contributed by atoms with Gasteiger partial charge >= 0.3 is 0 Å². The van der Waals surface area contributed by atoms with Gasteiger partial charge in [-0.3, -0.25) is 4.90 Å². The topological polar surface area (TPSA) is 19.6 Å². The van der Waals surface area contributed by atoms with Crippen LogP contribution in [0.15, 0.2) is 77.2 Å². The molecule has 3 aliphatic carbocycles. The molecule has 1 aromatic heterocycles. The van der Waals surface area contributed by atoms with Crippen LogP contribution >= 0.6 is 0 Å². The fraction of sp³-hybridized carbons (Fsp3) is 0.508. The van der Waals surface area contributed by atoms with Gasteiger partial charge in [-0.1, -0.05) is 149 Å². The van der Waals surface area contributed by atoms with Crippen molar-refractivity contribution < 1.29 is 4.42 Å². The van der Waals surface area contributed by atoms with Crippen LogP contribution in [0.5, 0.6) is 0 Å². The lowest BCUT2D eigenvalue weighted by atomic mass is 9.33. The first-order valence-electron chi connectivity index (χ1n) is 26.7. The average Bonchev–Trinajstić information content (AvgIpc) is 3.62. The van der Waals surface area contributed by atoms with Gasteiger partial charge in [-0.25, -0.2) is 0 Å². The van der Waals surface area contributed by atoms with Gasteiger partial charge in [-0.2, -0.15) is 0 Å². The molecule has 0 spiro atoms. The van der Waals surface area contributed by atoms with E-state index in [1.807, 2.05) is 0 Å². The Labute approximate surface area is 416 Å². The summed E-state index contributed by atoms with van der Waals surface area (Å²) in [5, 5.41) is 1.26. The summed E-state index contributed by atoms with van der Waals surface area (Å²) in [7, 11) is 0. The number of fused-ring (bicyclic) bond motifs is 9. The maximum absolute atomic E-state index is 7.61. The van der Waals surface area contributed by atoms with E-state index >= 15 is 0 Å². The second-order valence-electron chi connectivity index (χ2n) is 28.7. The number of aryl methyl sites for hydroxylation is 1. The number of hydrogen-bond donors (Lipinski definition) is 0. The predicted molar refractivity (Wildman–Crippen MR) is 298 cm³/mol. The maximum atomic E-state index is 7.61. The normalized spacial score (nSPS) is 20.9. The summed E-state index contributed by atoms with van der Waals surface area (Å²) in [6.45, 7) is 46.2. The largest absolute Gasteiger partial charge is 0.440 e. The summed E-state index contributed by atoms with van der Waals surface area (Å²) in [5.74, 6) is 0.964. The number of benzene rings is 5. The molecule has 0 saturated heterocycles. The monoisotopic (exact) mass is 917 g/mol. The van der Waals surface area contributed by atoms with Crippen molar-refractivity contribution in [2.45, 2.75) is 213 Å². The third kappa shape index (κ3) is 6.85. The Hall–Kier alpha value is -4.70. The Bertz CT molecular complexity index is 3150. The third-order valence-corrected chi connectivity index (χ3v) is 18.9. The molecule has 0 bridgehead atoms. The van der Waals surface area contributed by atoms with Gasteiger partial charge in [-0.05, 0) is 198 Å². The third-order valence-electron chi connectivity index (χ3n) is 18.9. The highest BCUT2D eigenvalue weighted by Gasteiger charge is 2.50. The predicted octanol–water partition coefficient (Wildman–Crippen LogP) is 16.5. The SMILES string of the molecule is Cc1cc2c(cc1N1c3cc4c(cc3B3c5c1cc(C(C)(C)C)cc5N(c1ccc(C(C)(C)C)cc1)c1oc5cc6c(cc5c13)C(C)(C)CCC6(C)C)C(C)(C)CCC4(C)C)C(C)(C)CCC2(C)C. The van der Waals surface area contributed by atoms with Crippen molar-refractivity contribution in [3.05, 3.63) is 123 Å². The van der Waals surface area contributed by atoms with Crippen LogP contribution < -0.4 is 26.2 Å². The lowest BCUT2D eigenvalue weighted by molar-refractivity contribution is 0.331. The summed E-state index contributed by atoms with van der Waals surface area (Å²) in [5.41, 5.74) is 24.6. The first kappa shape index (κ1) is 46.7. The highest BCUT2D eigenvalue weighted by atomic mass is 16.4. The molecule has 360 valence electrons. The van der Waals surface area contributed by atoms with Crippen molar-refractivity contribution in [2.24, 2.45) is 0 Å². The lowest BCUT2D eigenvalue weighted by Crippen LogP contribution is -2.61. The Kier molecular flexibility index (Phi) is 9.64. The first-order valence-corrected chi connectivity index (χ1v) is 26.7. The van der Waals surface area contributed by atoms with Crippen LogP contribution in [0.1, 0.15) is 213 Å². The van der Waals surface area contributed by atoms with Crippen LogP contribution in [0, 0.1) is 6.92 Å². The van der Waals surface area contributed by atoms with Crippen molar-refractivity contribution in [2.75, 3.05) is 9.80 Å². The molecule has 4 heteroatoms. The molecule has 5 aliphatic rings. The van der Waals surface area contributed by atoms with E-state index in [2.05, 4.69) is 214 Å². The molecular weight excluding hydrogens is 836 g/mol. The Balaban J connectivity index is 1.32. The van der Waals surface area contributed by atoms with E-state index in [0.717, 1.165) is 23.6 Å². The molecule has 0 fully saturated rings. The standard InChI is InChI=1S/C65H81BN2O/c1-38-30-43-46(63(14,15)27-24-60(43,8)9)35-50(38)68-51-36-47-45(62(12,13)26-28-64(47,16)17)34-49(51)66-55-42-33-44-48(65(18,19)29-25-61(44,10)11)37-54(42)69-57(55)67(41-22-20-39(21-23-41)58(2,3)4)52-31-40(59(5,6)7)32-53(68)56(52)66/h20-23,30-37H,24-29H2,1-19H3. The van der Waals surface area contributed by atoms with Gasteiger partial charge in [-0.15, -0.1) is 0 Å². The Morgan fingerprint density at radius 1 is 0.435 bits per heavy atom. The molecule has 0 saturated carbocycles. The maximum Gasteiger partial charge on any atom is 0.257 e. The van der Waals surface area contributed by atoms with Crippen molar-refractivity contribution in [1.29, 1.82) is 0 Å². The summed E-state index contributed by atoms with van der Waals surface area (Å²) in [4.78, 5) is 5.29. The van der Waals surface area contributed by atoms with Gasteiger partial charge in [0.1, 0.15) is 5.58 Å². The average molecular weight is 917 g/mol. The van der Waals surface area contributed by atoms with Crippen molar-refractivity contribution in [3.63, 3.8) is 0 Å². The molecule has 0 unspecified atom stereocenters. The van der Waals surface area contributed by atoms with E-state index in [1.165, 1.54) is 127 Å². The molecule has 2 aliphatic heterocycles.